The molecule has 96 valence electrons. The summed E-state index contributed by atoms with van der Waals surface area (Å²) in [6.07, 6.45) is 0. The molecule has 0 aliphatic rings. The summed E-state index contributed by atoms with van der Waals surface area (Å²) in [5.74, 6) is 0.976. The van der Waals surface area contributed by atoms with Crippen LogP contribution in [0.4, 0.5) is 5.69 Å². The van der Waals surface area contributed by atoms with E-state index in [9.17, 15) is 0 Å². The molecular weight excluding hydrogens is 339 g/mol. The summed E-state index contributed by atoms with van der Waals surface area (Å²) in [4.78, 5) is 2.10. The SMILES string of the molecule is CN(C)c1ccc(CNCc2ccc(I)o2)cc1. The number of benzene rings is 1. The lowest BCUT2D eigenvalue weighted by Gasteiger charge is -2.12. The molecule has 2 aromatic rings. The Morgan fingerprint density at radius 2 is 1.78 bits per heavy atom. The van der Waals surface area contributed by atoms with Crippen LogP contribution in [-0.4, -0.2) is 14.1 Å². The summed E-state index contributed by atoms with van der Waals surface area (Å²) in [6, 6.07) is 12.5. The van der Waals surface area contributed by atoms with Crippen molar-refractivity contribution in [1.29, 1.82) is 0 Å². The highest BCUT2D eigenvalue weighted by Crippen LogP contribution is 2.13. The van der Waals surface area contributed by atoms with Crippen LogP contribution in [-0.2, 0) is 13.1 Å². The van der Waals surface area contributed by atoms with Crippen molar-refractivity contribution in [3.05, 3.63) is 51.5 Å². The molecule has 1 heterocycles. The highest BCUT2D eigenvalue weighted by Gasteiger charge is 1.99. The molecule has 0 spiro atoms. The Morgan fingerprint density at radius 1 is 1.06 bits per heavy atom. The largest absolute Gasteiger partial charge is 0.454 e. The van der Waals surface area contributed by atoms with Crippen molar-refractivity contribution >= 4 is 28.3 Å². The van der Waals surface area contributed by atoms with Gasteiger partial charge in [0.05, 0.1) is 6.54 Å². The first-order valence-electron chi connectivity index (χ1n) is 5.86. The lowest BCUT2D eigenvalue weighted by Crippen LogP contribution is -2.12. The molecule has 0 amide bonds. The summed E-state index contributed by atoms with van der Waals surface area (Å²) in [7, 11) is 4.09. The standard InChI is InChI=1S/C14H17IN2O/c1-17(2)12-5-3-11(4-6-12)9-16-10-13-7-8-14(15)18-13/h3-8,16H,9-10H2,1-2H3. The topological polar surface area (TPSA) is 28.4 Å². The Morgan fingerprint density at radius 3 is 2.33 bits per heavy atom. The van der Waals surface area contributed by atoms with Gasteiger partial charge in [-0.1, -0.05) is 12.1 Å². The molecule has 0 aliphatic carbocycles. The van der Waals surface area contributed by atoms with Gasteiger partial charge in [0.2, 0.25) is 0 Å². The van der Waals surface area contributed by atoms with Gasteiger partial charge in [-0.25, -0.2) is 0 Å². The minimum atomic E-state index is 0.762. The molecule has 1 aromatic heterocycles. The van der Waals surface area contributed by atoms with Crippen LogP contribution in [0.25, 0.3) is 0 Å². The number of halogens is 1. The molecule has 18 heavy (non-hydrogen) atoms. The van der Waals surface area contributed by atoms with E-state index in [0.29, 0.717) is 0 Å². The van der Waals surface area contributed by atoms with E-state index < -0.39 is 0 Å². The smallest absolute Gasteiger partial charge is 0.164 e. The zero-order chi connectivity index (χ0) is 13.0. The van der Waals surface area contributed by atoms with E-state index >= 15 is 0 Å². The van der Waals surface area contributed by atoms with E-state index in [1.165, 1.54) is 11.3 Å². The van der Waals surface area contributed by atoms with Gasteiger partial charge in [0.1, 0.15) is 5.76 Å². The van der Waals surface area contributed by atoms with E-state index in [0.717, 1.165) is 22.6 Å². The average Bonchev–Trinajstić information content (AvgIpc) is 2.76. The van der Waals surface area contributed by atoms with Gasteiger partial charge in [-0.15, -0.1) is 0 Å². The number of hydrogen-bond acceptors (Lipinski definition) is 3. The molecule has 0 aliphatic heterocycles. The molecule has 0 atom stereocenters. The van der Waals surface area contributed by atoms with Crippen LogP contribution in [0.1, 0.15) is 11.3 Å². The second-order valence-corrected chi connectivity index (χ2v) is 5.43. The third-order valence-electron chi connectivity index (χ3n) is 2.71. The predicted octanol–water partition coefficient (Wildman–Crippen LogP) is 3.24. The molecule has 4 heteroatoms. The van der Waals surface area contributed by atoms with Crippen LogP contribution >= 0.6 is 22.6 Å². The number of rotatable bonds is 5. The summed E-state index contributed by atoms with van der Waals surface area (Å²) in [6.45, 7) is 1.61. The van der Waals surface area contributed by atoms with E-state index in [1.54, 1.807) is 0 Å². The molecule has 0 radical (unpaired) electrons. The van der Waals surface area contributed by atoms with Crippen LogP contribution in [0.2, 0.25) is 0 Å². The first-order valence-corrected chi connectivity index (χ1v) is 6.94. The van der Waals surface area contributed by atoms with E-state index in [-0.39, 0.29) is 0 Å². The maximum atomic E-state index is 5.49. The molecule has 0 saturated heterocycles. The number of nitrogens with zero attached hydrogens (tertiary/aromatic N) is 1. The minimum absolute atomic E-state index is 0.762. The average molecular weight is 356 g/mol. The zero-order valence-electron chi connectivity index (χ0n) is 10.6. The van der Waals surface area contributed by atoms with Gasteiger partial charge >= 0.3 is 0 Å². The Labute approximate surface area is 121 Å². The predicted molar refractivity (Wildman–Crippen MR) is 82.7 cm³/mol. The van der Waals surface area contributed by atoms with Gasteiger partial charge in [-0.2, -0.15) is 0 Å². The number of furan rings is 1. The summed E-state index contributed by atoms with van der Waals surface area (Å²) < 4.78 is 6.42. The van der Waals surface area contributed by atoms with Crippen molar-refractivity contribution in [2.75, 3.05) is 19.0 Å². The normalized spacial score (nSPS) is 10.6. The first-order chi connectivity index (χ1) is 8.65. The fourth-order valence-electron chi connectivity index (χ4n) is 1.69. The fraction of sp³-hybridized carbons (Fsp3) is 0.286. The maximum absolute atomic E-state index is 5.49. The minimum Gasteiger partial charge on any atom is -0.454 e. The van der Waals surface area contributed by atoms with Gasteiger partial charge in [0, 0.05) is 26.3 Å². The summed E-state index contributed by atoms with van der Waals surface area (Å²) in [5.41, 5.74) is 2.50. The van der Waals surface area contributed by atoms with Crippen molar-refractivity contribution in [1.82, 2.24) is 5.32 Å². The van der Waals surface area contributed by atoms with E-state index in [1.807, 2.05) is 26.2 Å². The molecule has 0 saturated carbocycles. The lowest BCUT2D eigenvalue weighted by atomic mass is 10.2. The number of anilines is 1. The van der Waals surface area contributed by atoms with Gasteiger partial charge in [-0.05, 0) is 52.4 Å². The second-order valence-electron chi connectivity index (χ2n) is 4.37. The Bertz CT molecular complexity index is 491. The Kier molecular flexibility index (Phi) is 4.66. The van der Waals surface area contributed by atoms with Crippen LogP contribution < -0.4 is 10.2 Å². The zero-order valence-corrected chi connectivity index (χ0v) is 12.8. The Hall–Kier alpha value is -1.01. The third-order valence-corrected chi connectivity index (χ3v) is 3.29. The van der Waals surface area contributed by atoms with Crippen LogP contribution in [0.15, 0.2) is 40.8 Å². The van der Waals surface area contributed by atoms with Crippen LogP contribution in [0.5, 0.6) is 0 Å². The maximum Gasteiger partial charge on any atom is 0.164 e. The number of hydrogen-bond donors (Lipinski definition) is 1. The van der Waals surface area contributed by atoms with Crippen molar-refractivity contribution < 1.29 is 4.42 Å². The summed E-state index contributed by atoms with van der Waals surface area (Å²) in [5, 5.41) is 3.37. The molecule has 0 bridgehead atoms. The molecule has 1 aromatic carbocycles. The number of nitrogens with one attached hydrogen (secondary N) is 1. The first kappa shape index (κ1) is 13.4. The monoisotopic (exact) mass is 356 g/mol. The molecule has 0 fully saturated rings. The molecule has 1 N–H and O–H groups in total. The van der Waals surface area contributed by atoms with Gasteiger partial charge in [-0.3, -0.25) is 0 Å². The van der Waals surface area contributed by atoms with Gasteiger partial charge < -0.3 is 14.6 Å². The van der Waals surface area contributed by atoms with Gasteiger partial charge in [0.15, 0.2) is 3.77 Å². The molecule has 3 nitrogen and oxygen atoms in total. The molecule has 2 rings (SSSR count). The van der Waals surface area contributed by atoms with Crippen molar-refractivity contribution in [2.24, 2.45) is 0 Å². The van der Waals surface area contributed by atoms with Crippen LogP contribution in [0, 0.1) is 3.77 Å². The quantitative estimate of drug-likeness (QED) is 0.834. The second kappa shape index (κ2) is 6.24. The lowest BCUT2D eigenvalue weighted by molar-refractivity contribution is 0.463. The van der Waals surface area contributed by atoms with Crippen LogP contribution in [0.3, 0.4) is 0 Å². The van der Waals surface area contributed by atoms with E-state index in [2.05, 4.69) is 57.1 Å². The van der Waals surface area contributed by atoms with Crippen molar-refractivity contribution in [3.63, 3.8) is 0 Å². The Balaban J connectivity index is 1.83. The highest BCUT2D eigenvalue weighted by molar-refractivity contribution is 14.1. The molecule has 0 unspecified atom stereocenters. The third kappa shape index (κ3) is 3.74. The van der Waals surface area contributed by atoms with Gasteiger partial charge in [0.25, 0.3) is 0 Å². The van der Waals surface area contributed by atoms with Crippen molar-refractivity contribution in [3.8, 4) is 0 Å². The highest BCUT2D eigenvalue weighted by atomic mass is 127. The molecular formula is C14H17IN2O. The van der Waals surface area contributed by atoms with E-state index in [4.69, 9.17) is 4.42 Å². The summed E-state index contributed by atoms with van der Waals surface area (Å²) >= 11 is 2.17. The fourth-order valence-corrected chi connectivity index (χ4v) is 2.15. The van der Waals surface area contributed by atoms with Crippen molar-refractivity contribution in [2.45, 2.75) is 13.1 Å².